The summed E-state index contributed by atoms with van der Waals surface area (Å²) in [6.45, 7) is 0.630. The number of aliphatic hydroxyl groups excluding tert-OH is 2. The minimum Gasteiger partial charge on any atom is -0.386 e. The molecule has 2 aromatic heterocycles. The Bertz CT molecular complexity index is 1960. The third kappa shape index (κ3) is 16.0. The summed E-state index contributed by atoms with van der Waals surface area (Å²) in [6.07, 6.45) is -6.72. The molecule has 0 aliphatic carbocycles. The van der Waals surface area contributed by atoms with E-state index in [2.05, 4.69) is 39.7 Å². The summed E-state index contributed by atoms with van der Waals surface area (Å²) in [4.78, 5) is 99.3. The number of hydrogen-bond acceptors (Lipinski definition) is 21. The summed E-state index contributed by atoms with van der Waals surface area (Å²) in [5, 5.41) is 28.6. The van der Waals surface area contributed by atoms with Crippen LogP contribution in [0.3, 0.4) is 0 Å². The zero-order chi connectivity index (χ0) is 45.1. The van der Waals surface area contributed by atoms with Gasteiger partial charge in [0.15, 0.2) is 17.7 Å². The summed E-state index contributed by atoms with van der Waals surface area (Å²) < 4.78 is 62.1. The van der Waals surface area contributed by atoms with Crippen LogP contribution in [0.5, 0.6) is 0 Å². The fraction of sp³-hybridized carbons (Fsp3) is 0.679. The minimum absolute atomic E-state index is 0.0202. The fourth-order valence-corrected chi connectivity index (χ4v) is 8.66. The highest BCUT2D eigenvalue weighted by molar-refractivity contribution is 8.13. The van der Waals surface area contributed by atoms with Crippen molar-refractivity contribution in [3.8, 4) is 0 Å². The SMILES string of the molecule is CC(C)(COP(=O)(O)OP(=O)(O)OCC1OC(n2cnc3c(N)ncnc32)C(O)C1OP(=O)(O)O)C(O)C(=O)NCCC(=O)NCCSC(=O)C(N)CCNC(=O)CCN. The third-order valence-electron chi connectivity index (χ3n) is 8.20. The van der Waals surface area contributed by atoms with E-state index in [1.807, 2.05) is 0 Å². The maximum atomic E-state index is 12.7. The van der Waals surface area contributed by atoms with E-state index < -0.39 is 90.6 Å². The maximum Gasteiger partial charge on any atom is 0.481 e. The van der Waals surface area contributed by atoms with Gasteiger partial charge in [-0.15, -0.1) is 0 Å². The highest BCUT2D eigenvalue weighted by Gasteiger charge is 2.50. The zero-order valence-corrected chi connectivity index (χ0v) is 35.5. The van der Waals surface area contributed by atoms with E-state index in [-0.39, 0.29) is 79.2 Å². The molecule has 0 radical (unpaired) electrons. The number of rotatable bonds is 25. The first-order chi connectivity index (χ1) is 27.9. The zero-order valence-electron chi connectivity index (χ0n) is 32.0. The molecule has 0 bridgehead atoms. The van der Waals surface area contributed by atoms with Crippen LogP contribution in [0.4, 0.5) is 5.82 Å². The number of aliphatic hydroxyl groups is 2. The molecule has 1 saturated heterocycles. The van der Waals surface area contributed by atoms with Gasteiger partial charge in [0.05, 0.1) is 25.6 Å². The van der Waals surface area contributed by atoms with E-state index in [9.17, 15) is 62.7 Å². The molecule has 2 aromatic rings. The van der Waals surface area contributed by atoms with E-state index in [0.29, 0.717) is 0 Å². The Morgan fingerprint density at radius 1 is 0.983 bits per heavy atom. The molecule has 60 heavy (non-hydrogen) atoms. The van der Waals surface area contributed by atoms with E-state index in [0.717, 1.165) is 29.0 Å². The van der Waals surface area contributed by atoms with Crippen molar-refractivity contribution in [2.75, 3.05) is 50.9 Å². The molecule has 8 atom stereocenters. The van der Waals surface area contributed by atoms with Gasteiger partial charge in [-0.2, -0.15) is 4.31 Å². The third-order valence-corrected chi connectivity index (χ3v) is 12.3. The van der Waals surface area contributed by atoms with Crippen LogP contribution in [0.15, 0.2) is 12.7 Å². The number of amides is 3. The fourth-order valence-electron chi connectivity index (χ4n) is 5.09. The lowest BCUT2D eigenvalue weighted by molar-refractivity contribution is -0.137. The van der Waals surface area contributed by atoms with Crippen molar-refractivity contribution in [2.45, 2.75) is 69.8 Å². The molecule has 0 saturated carbocycles. The largest absolute Gasteiger partial charge is 0.481 e. The van der Waals surface area contributed by atoms with Crippen molar-refractivity contribution in [1.82, 2.24) is 35.5 Å². The Hall–Kier alpha value is -3.05. The second kappa shape index (κ2) is 22.3. The molecule has 32 heteroatoms. The molecule has 28 nitrogen and oxygen atoms in total. The second-order valence-electron chi connectivity index (χ2n) is 13.5. The molecule has 3 heterocycles. The number of phosphoric ester groups is 3. The second-order valence-corrected chi connectivity index (χ2v) is 18.9. The van der Waals surface area contributed by atoms with Crippen molar-refractivity contribution in [3.05, 3.63) is 12.7 Å². The number of thioether (sulfide) groups is 1. The Morgan fingerprint density at radius 2 is 1.63 bits per heavy atom. The molecule has 8 unspecified atom stereocenters. The molecule has 1 aliphatic rings. The van der Waals surface area contributed by atoms with Crippen LogP contribution in [-0.2, 0) is 55.5 Å². The number of fused-ring (bicyclic) bond motifs is 1. The van der Waals surface area contributed by atoms with E-state index >= 15 is 0 Å². The van der Waals surface area contributed by atoms with Crippen LogP contribution in [0.1, 0.15) is 39.3 Å². The molecule has 0 aromatic carbocycles. The average Bonchev–Trinajstić information content (AvgIpc) is 3.71. The van der Waals surface area contributed by atoms with Crippen molar-refractivity contribution in [1.29, 1.82) is 0 Å². The van der Waals surface area contributed by atoms with Crippen LogP contribution in [0.25, 0.3) is 11.2 Å². The van der Waals surface area contributed by atoms with Gasteiger partial charge in [0, 0.05) is 50.2 Å². The molecule has 3 rings (SSSR count). The smallest absolute Gasteiger partial charge is 0.386 e. The Labute approximate surface area is 345 Å². The van der Waals surface area contributed by atoms with Crippen LogP contribution in [-0.4, -0.2) is 148 Å². The van der Waals surface area contributed by atoms with Gasteiger partial charge in [-0.25, -0.2) is 28.6 Å². The molecule has 15 N–H and O–H groups in total. The number of nitrogens with zero attached hydrogens (tertiary/aromatic N) is 4. The predicted octanol–water partition coefficient (Wildman–Crippen LogP) is -3.15. The van der Waals surface area contributed by atoms with Gasteiger partial charge < -0.3 is 67.7 Å². The lowest BCUT2D eigenvalue weighted by atomic mass is 9.87. The monoisotopic (exact) mass is 938 g/mol. The Balaban J connectivity index is 1.43. The summed E-state index contributed by atoms with van der Waals surface area (Å²) in [5.74, 6) is -1.63. The van der Waals surface area contributed by atoms with Gasteiger partial charge >= 0.3 is 23.5 Å². The first kappa shape index (κ1) is 51.3. The molecular formula is C28H49N10O18P3S. The van der Waals surface area contributed by atoms with Crippen molar-refractivity contribution in [2.24, 2.45) is 16.9 Å². The summed E-state index contributed by atoms with van der Waals surface area (Å²) >= 11 is 0.890. The molecular weight excluding hydrogens is 889 g/mol. The molecule has 1 fully saturated rings. The van der Waals surface area contributed by atoms with Gasteiger partial charge in [-0.3, -0.25) is 37.3 Å². The highest BCUT2D eigenvalue weighted by Crippen LogP contribution is 2.61. The standard InChI is InChI=1S/C28H49N10O18P3S/c1-28(2,22(42)25(43)34-8-5-18(40)33-9-10-60-27(44)15(30)4-7-32-17(39)3-6-29)12-53-59(50,51)56-58(48,49)52-11-16-21(55-57(45,46)47)20(41)26(54-16)38-14-37-19-23(31)35-13-36-24(19)38/h13-16,20-22,26,41-42H,3-12,29-30H2,1-2H3,(H,32,39)(H,33,40)(H,34,43)(H,48,49)(H,50,51)(H2,31,35,36)(H2,45,46,47). The lowest BCUT2D eigenvalue weighted by Crippen LogP contribution is -2.46. The number of carbonyl (C=O) groups is 4. The number of anilines is 1. The quantitative estimate of drug-likeness (QED) is 0.0345. The molecule has 340 valence electrons. The number of carbonyl (C=O) groups excluding carboxylic acids is 4. The van der Waals surface area contributed by atoms with Crippen LogP contribution >= 0.6 is 35.2 Å². The molecule has 3 amide bonds. The minimum atomic E-state index is -5.59. The number of aromatic nitrogens is 4. The van der Waals surface area contributed by atoms with Crippen LogP contribution in [0.2, 0.25) is 0 Å². The van der Waals surface area contributed by atoms with Gasteiger partial charge in [-0.05, 0) is 6.42 Å². The molecule has 1 aliphatic heterocycles. The number of phosphoric acid groups is 3. The summed E-state index contributed by atoms with van der Waals surface area (Å²) in [6, 6.07) is -0.833. The Kier molecular flexibility index (Phi) is 19.1. The van der Waals surface area contributed by atoms with Crippen LogP contribution in [0, 0.1) is 5.41 Å². The summed E-state index contributed by atoms with van der Waals surface area (Å²) in [7, 11) is -16.5. The number of ether oxygens (including phenoxy) is 1. The number of hydrogen-bond donors (Lipinski definition) is 12. The maximum absolute atomic E-state index is 12.7. The van der Waals surface area contributed by atoms with Crippen molar-refractivity contribution < 1.29 is 85.3 Å². The van der Waals surface area contributed by atoms with Gasteiger partial charge in [0.25, 0.3) is 0 Å². The van der Waals surface area contributed by atoms with Crippen LogP contribution < -0.4 is 33.2 Å². The van der Waals surface area contributed by atoms with Gasteiger partial charge in [0.2, 0.25) is 22.8 Å². The van der Waals surface area contributed by atoms with Crippen molar-refractivity contribution >= 4 is 75.0 Å². The lowest BCUT2D eigenvalue weighted by Gasteiger charge is -2.30. The van der Waals surface area contributed by atoms with Gasteiger partial charge in [0.1, 0.15) is 36.3 Å². The topological polar surface area (TPSA) is 445 Å². The number of nitrogens with two attached hydrogens (primary N) is 3. The first-order valence-electron chi connectivity index (χ1n) is 17.6. The first-order valence-corrected chi connectivity index (χ1v) is 23.1. The molecule has 0 spiro atoms. The van der Waals surface area contributed by atoms with E-state index in [1.54, 1.807) is 0 Å². The Morgan fingerprint density at radius 3 is 2.30 bits per heavy atom. The average molecular weight is 939 g/mol. The van der Waals surface area contributed by atoms with E-state index in [1.165, 1.54) is 13.8 Å². The highest BCUT2D eigenvalue weighted by atomic mass is 32.2. The van der Waals surface area contributed by atoms with Gasteiger partial charge in [-0.1, -0.05) is 25.6 Å². The number of nitrogen functional groups attached to an aromatic ring is 1. The predicted molar refractivity (Wildman–Crippen MR) is 206 cm³/mol. The normalized spacial score (nSPS) is 21.4. The summed E-state index contributed by atoms with van der Waals surface area (Å²) in [5.41, 5.74) is 15.3. The van der Waals surface area contributed by atoms with Crippen molar-refractivity contribution in [3.63, 3.8) is 0 Å². The number of nitrogens with one attached hydrogen (secondary N) is 3. The number of imidazole rings is 1. The van der Waals surface area contributed by atoms with E-state index in [4.69, 9.17) is 31.0 Å².